The molecule has 0 aliphatic heterocycles. The van der Waals surface area contributed by atoms with E-state index in [1.165, 1.54) is 0 Å². The van der Waals surface area contributed by atoms with Crippen LogP contribution in [0.25, 0.3) is 0 Å². The first kappa shape index (κ1) is 8.34. The van der Waals surface area contributed by atoms with Gasteiger partial charge in [0.2, 0.25) is 0 Å². The van der Waals surface area contributed by atoms with Gasteiger partial charge in [0, 0.05) is 16.8 Å². The van der Waals surface area contributed by atoms with E-state index in [2.05, 4.69) is 11.9 Å². The van der Waals surface area contributed by atoms with E-state index in [-0.39, 0.29) is 0 Å². The fraction of sp³-hybridized carbons (Fsp3) is 0.333. The van der Waals surface area contributed by atoms with Gasteiger partial charge in [-0.05, 0) is 31.0 Å². The SMILES string of the molecule is CCc1cc([13C](C)=[33S])ccn1. The molecule has 1 heterocycles. The molecule has 0 aliphatic carbocycles. The zero-order valence-electron chi connectivity index (χ0n) is 6.79. The van der Waals surface area contributed by atoms with Crippen molar-refractivity contribution < 1.29 is 0 Å². The van der Waals surface area contributed by atoms with Crippen molar-refractivity contribution >= 4 is 17.1 Å². The lowest BCUT2D eigenvalue weighted by molar-refractivity contribution is 1.03. The van der Waals surface area contributed by atoms with Crippen LogP contribution >= 0.6 is 12.2 Å². The Labute approximate surface area is 72.5 Å². The monoisotopic (exact) mass is 167 g/mol. The van der Waals surface area contributed by atoms with Crippen LogP contribution in [0.3, 0.4) is 0 Å². The Morgan fingerprint density at radius 2 is 2.36 bits per heavy atom. The van der Waals surface area contributed by atoms with Gasteiger partial charge in [-0.3, -0.25) is 4.98 Å². The molecule has 1 aromatic heterocycles. The number of hydrogen-bond donors (Lipinski definition) is 0. The van der Waals surface area contributed by atoms with Crippen LogP contribution in [0, 0.1) is 0 Å². The van der Waals surface area contributed by atoms with Gasteiger partial charge in [-0.1, -0.05) is 19.1 Å². The maximum Gasteiger partial charge on any atom is 0.0407 e. The number of aryl methyl sites for hydroxylation is 1. The highest BCUT2D eigenvalue weighted by Gasteiger charge is 1.95. The van der Waals surface area contributed by atoms with Crippen molar-refractivity contribution in [2.24, 2.45) is 0 Å². The van der Waals surface area contributed by atoms with Crippen molar-refractivity contribution in [2.75, 3.05) is 0 Å². The molecule has 0 saturated heterocycles. The first-order valence-corrected chi connectivity index (χ1v) is 4.10. The first-order valence-electron chi connectivity index (χ1n) is 3.70. The third-order valence-corrected chi connectivity index (χ3v) is 1.82. The van der Waals surface area contributed by atoms with Gasteiger partial charge in [-0.2, -0.15) is 0 Å². The molecule has 0 spiro atoms. The number of aromatic nitrogens is 1. The molecule has 0 amide bonds. The average Bonchev–Trinajstić information content (AvgIpc) is 2.05. The minimum atomic E-state index is 0.933. The van der Waals surface area contributed by atoms with Crippen molar-refractivity contribution in [3.63, 3.8) is 0 Å². The Hall–Kier alpha value is -0.760. The number of hydrogen-bond acceptors (Lipinski definition) is 2. The van der Waals surface area contributed by atoms with E-state index in [4.69, 9.17) is 12.2 Å². The molecule has 0 radical (unpaired) electrons. The number of pyridine rings is 1. The highest BCUT2D eigenvalue weighted by atomic mass is 33.0. The summed E-state index contributed by atoms with van der Waals surface area (Å²) in [7, 11) is 0. The highest BCUT2D eigenvalue weighted by molar-refractivity contribution is 7.80. The molecule has 0 aromatic carbocycles. The number of rotatable bonds is 2. The molecule has 1 aromatic rings. The number of thiocarbonyl (C=S) groups is 1. The lowest BCUT2D eigenvalue weighted by Gasteiger charge is -1.99. The molecule has 0 N–H and O–H groups in total. The zero-order chi connectivity index (χ0) is 8.27. The molecule has 0 saturated carbocycles. The lowest BCUT2D eigenvalue weighted by Crippen LogP contribution is -1.93. The van der Waals surface area contributed by atoms with Gasteiger partial charge in [0.05, 0.1) is 0 Å². The normalized spacial score (nSPS) is 9.64. The van der Waals surface area contributed by atoms with Crippen molar-refractivity contribution in [1.82, 2.24) is 4.98 Å². The van der Waals surface area contributed by atoms with E-state index >= 15 is 0 Å². The van der Waals surface area contributed by atoms with Gasteiger partial charge >= 0.3 is 0 Å². The Morgan fingerprint density at radius 1 is 1.64 bits per heavy atom. The van der Waals surface area contributed by atoms with E-state index in [0.29, 0.717) is 0 Å². The Kier molecular flexibility index (Phi) is 2.71. The third kappa shape index (κ3) is 2.09. The Morgan fingerprint density at radius 3 is 2.91 bits per heavy atom. The van der Waals surface area contributed by atoms with Gasteiger partial charge in [0.15, 0.2) is 0 Å². The lowest BCUT2D eigenvalue weighted by atomic mass is 10.2. The molecule has 0 atom stereocenters. The average molecular weight is 167 g/mol. The molecule has 0 unspecified atom stereocenters. The molecule has 11 heavy (non-hydrogen) atoms. The van der Waals surface area contributed by atoms with E-state index in [1.54, 1.807) is 0 Å². The predicted molar refractivity (Wildman–Crippen MR) is 51.0 cm³/mol. The van der Waals surface area contributed by atoms with Crippen LogP contribution in [-0.2, 0) is 6.42 Å². The smallest absolute Gasteiger partial charge is 0.0407 e. The van der Waals surface area contributed by atoms with E-state index in [1.807, 2.05) is 25.3 Å². The largest absolute Gasteiger partial charge is 0.261 e. The van der Waals surface area contributed by atoms with E-state index in [9.17, 15) is 0 Å². The van der Waals surface area contributed by atoms with Gasteiger partial charge in [0.25, 0.3) is 0 Å². The van der Waals surface area contributed by atoms with Crippen molar-refractivity contribution in [2.45, 2.75) is 20.3 Å². The maximum absolute atomic E-state index is 5.04. The zero-order valence-corrected chi connectivity index (χ0v) is 7.61. The van der Waals surface area contributed by atoms with Gasteiger partial charge in [-0.15, -0.1) is 0 Å². The quantitative estimate of drug-likeness (QED) is 0.381. The van der Waals surface area contributed by atoms with Crippen LogP contribution in [0.2, 0.25) is 0 Å². The topological polar surface area (TPSA) is 12.9 Å². The molecule has 2 heteroatoms. The minimum absolute atomic E-state index is 0.933. The second-order valence-electron chi connectivity index (χ2n) is 2.45. The third-order valence-electron chi connectivity index (χ3n) is 1.59. The van der Waals surface area contributed by atoms with E-state index in [0.717, 1.165) is 22.5 Å². The molecular formula is C9H11NS. The van der Waals surface area contributed by atoms with Crippen molar-refractivity contribution in [1.29, 1.82) is 0 Å². The second-order valence-corrected chi connectivity index (χ2v) is 3.06. The van der Waals surface area contributed by atoms with Crippen molar-refractivity contribution in [3.05, 3.63) is 29.6 Å². The number of nitrogens with zero attached hydrogens (tertiary/aromatic N) is 1. The van der Waals surface area contributed by atoms with E-state index < -0.39 is 0 Å². The summed E-state index contributed by atoms with van der Waals surface area (Å²) in [6.45, 7) is 4.02. The highest BCUT2D eigenvalue weighted by Crippen LogP contribution is 2.03. The summed E-state index contributed by atoms with van der Waals surface area (Å²) < 4.78 is 0. The molecule has 0 bridgehead atoms. The molecular weight excluding hydrogens is 156 g/mol. The van der Waals surface area contributed by atoms with Gasteiger partial charge < -0.3 is 0 Å². The summed E-state index contributed by atoms with van der Waals surface area (Å²) in [4.78, 5) is 5.11. The van der Waals surface area contributed by atoms with Gasteiger partial charge in [-0.25, -0.2) is 0 Å². The minimum Gasteiger partial charge on any atom is -0.261 e. The maximum atomic E-state index is 5.04. The van der Waals surface area contributed by atoms with Crippen LogP contribution in [0.4, 0.5) is 0 Å². The van der Waals surface area contributed by atoms with Gasteiger partial charge in [0.1, 0.15) is 0 Å². The second kappa shape index (κ2) is 3.58. The molecule has 1 nitrogen and oxygen atoms in total. The summed E-state index contributed by atoms with van der Waals surface area (Å²) in [6.07, 6.45) is 2.78. The first-order chi connectivity index (χ1) is 5.24. The van der Waals surface area contributed by atoms with Crippen LogP contribution in [0.5, 0.6) is 0 Å². The summed E-state index contributed by atoms with van der Waals surface area (Å²) >= 11 is 5.04. The van der Waals surface area contributed by atoms with Crippen LogP contribution in [0.1, 0.15) is 25.1 Å². The molecule has 1 rings (SSSR count). The Bertz CT molecular complexity index is 268. The standard InChI is InChI=1S/C9H11NS/c1-3-9-6-8(7(2)11)4-5-10-9/h4-6H,3H2,1-2H3/i7+1,11+1. The Balaban J connectivity index is 3.01. The summed E-state index contributed by atoms with van der Waals surface area (Å²) in [5, 5.41) is 0. The van der Waals surface area contributed by atoms with Crippen LogP contribution in [-0.4, -0.2) is 9.85 Å². The van der Waals surface area contributed by atoms with Crippen LogP contribution in [0.15, 0.2) is 18.3 Å². The summed E-state index contributed by atoms with van der Waals surface area (Å²) in [5.74, 6) is 0. The van der Waals surface area contributed by atoms with Crippen molar-refractivity contribution in [3.8, 4) is 0 Å². The summed E-state index contributed by atoms with van der Waals surface area (Å²) in [5.41, 5.74) is 2.22. The van der Waals surface area contributed by atoms with Crippen LogP contribution < -0.4 is 0 Å². The fourth-order valence-corrected chi connectivity index (χ4v) is 1.02. The predicted octanol–water partition coefficient (Wildman–Crippen LogP) is 2.38. The fourth-order valence-electron chi connectivity index (χ4n) is 0.891. The summed E-state index contributed by atoms with van der Waals surface area (Å²) in [6, 6.07) is 3.99. The molecule has 58 valence electrons. The molecule has 0 fully saturated rings. The molecule has 0 aliphatic rings.